The molecule has 0 aliphatic carbocycles. The molecule has 0 saturated heterocycles. The zero-order valence-corrected chi connectivity index (χ0v) is 12.8. The molecule has 23 heavy (non-hydrogen) atoms. The van der Waals surface area contributed by atoms with Gasteiger partial charge in [0.1, 0.15) is 17.2 Å². The lowest BCUT2D eigenvalue weighted by Crippen LogP contribution is -2.11. The van der Waals surface area contributed by atoms with Crippen LogP contribution in [-0.4, -0.2) is 17.7 Å². The molecule has 0 atom stereocenters. The van der Waals surface area contributed by atoms with Crippen LogP contribution in [0.5, 0.6) is 11.5 Å². The largest absolute Gasteiger partial charge is 0.494 e. The van der Waals surface area contributed by atoms with Gasteiger partial charge in [0, 0.05) is 5.39 Å². The van der Waals surface area contributed by atoms with Crippen LogP contribution in [0.1, 0.15) is 19.0 Å². The molecule has 118 valence electrons. The van der Waals surface area contributed by atoms with E-state index in [4.69, 9.17) is 14.0 Å². The smallest absolute Gasteiger partial charge is 0.317 e. The maximum absolute atomic E-state index is 12.0. The summed E-state index contributed by atoms with van der Waals surface area (Å²) in [6.07, 6.45) is 1.01. The SMILES string of the molecule is CCCOc1ccc(OC(=O)Cc2noc3ccccc23)cc1. The Bertz CT molecular complexity index is 792. The Labute approximate surface area is 133 Å². The van der Waals surface area contributed by atoms with Gasteiger partial charge in [-0.3, -0.25) is 4.79 Å². The van der Waals surface area contributed by atoms with Gasteiger partial charge in [-0.2, -0.15) is 0 Å². The number of carbonyl (C=O) groups is 1. The average molecular weight is 311 g/mol. The van der Waals surface area contributed by atoms with E-state index in [1.165, 1.54) is 0 Å². The van der Waals surface area contributed by atoms with Crippen LogP contribution in [-0.2, 0) is 11.2 Å². The van der Waals surface area contributed by atoms with Crippen LogP contribution < -0.4 is 9.47 Å². The van der Waals surface area contributed by atoms with Crippen molar-refractivity contribution in [1.82, 2.24) is 5.16 Å². The minimum absolute atomic E-state index is 0.0606. The maximum Gasteiger partial charge on any atom is 0.317 e. The summed E-state index contributed by atoms with van der Waals surface area (Å²) in [5.74, 6) is 0.854. The zero-order valence-electron chi connectivity index (χ0n) is 12.8. The fourth-order valence-electron chi connectivity index (χ4n) is 2.19. The Kier molecular flexibility index (Phi) is 4.57. The first-order valence-electron chi connectivity index (χ1n) is 7.53. The summed E-state index contributed by atoms with van der Waals surface area (Å²) in [5.41, 5.74) is 1.24. The summed E-state index contributed by atoms with van der Waals surface area (Å²) in [6.45, 7) is 2.71. The van der Waals surface area contributed by atoms with E-state index >= 15 is 0 Å². The number of hydrogen-bond donors (Lipinski definition) is 0. The van der Waals surface area contributed by atoms with Gasteiger partial charge < -0.3 is 14.0 Å². The van der Waals surface area contributed by atoms with Crippen molar-refractivity contribution in [3.63, 3.8) is 0 Å². The highest BCUT2D eigenvalue weighted by atomic mass is 16.5. The second-order valence-corrected chi connectivity index (χ2v) is 5.10. The highest BCUT2D eigenvalue weighted by molar-refractivity contribution is 5.84. The molecule has 0 spiro atoms. The van der Waals surface area contributed by atoms with Crippen molar-refractivity contribution in [2.45, 2.75) is 19.8 Å². The molecule has 5 heteroatoms. The van der Waals surface area contributed by atoms with E-state index in [1.54, 1.807) is 24.3 Å². The van der Waals surface area contributed by atoms with Crippen molar-refractivity contribution in [3.05, 3.63) is 54.2 Å². The Hall–Kier alpha value is -2.82. The van der Waals surface area contributed by atoms with Gasteiger partial charge >= 0.3 is 5.97 Å². The second kappa shape index (κ2) is 6.96. The standard InChI is InChI=1S/C18H17NO4/c1-2-11-21-13-7-9-14(10-8-13)22-18(20)12-16-15-5-3-4-6-17(15)23-19-16/h3-10H,2,11-12H2,1H3. The molecule has 0 aliphatic rings. The molecule has 5 nitrogen and oxygen atoms in total. The van der Waals surface area contributed by atoms with Crippen molar-refractivity contribution < 1.29 is 18.8 Å². The quantitative estimate of drug-likeness (QED) is 0.512. The summed E-state index contributed by atoms with van der Waals surface area (Å²) in [6, 6.07) is 14.4. The molecular formula is C18H17NO4. The summed E-state index contributed by atoms with van der Waals surface area (Å²) < 4.78 is 16.0. The average Bonchev–Trinajstić information content (AvgIpc) is 2.97. The summed E-state index contributed by atoms with van der Waals surface area (Å²) in [7, 11) is 0. The number of hydrogen-bond acceptors (Lipinski definition) is 5. The van der Waals surface area contributed by atoms with Gasteiger partial charge in [-0.25, -0.2) is 0 Å². The van der Waals surface area contributed by atoms with E-state index in [9.17, 15) is 4.79 Å². The second-order valence-electron chi connectivity index (χ2n) is 5.10. The van der Waals surface area contributed by atoms with E-state index in [2.05, 4.69) is 5.16 Å². The van der Waals surface area contributed by atoms with Gasteiger partial charge in [0.05, 0.1) is 13.0 Å². The molecule has 0 aliphatic heterocycles. The molecule has 0 radical (unpaired) electrons. The van der Waals surface area contributed by atoms with Gasteiger partial charge in [-0.05, 0) is 42.8 Å². The Morgan fingerprint density at radius 2 is 1.83 bits per heavy atom. The molecule has 0 amide bonds. The van der Waals surface area contributed by atoms with Crippen molar-refractivity contribution in [1.29, 1.82) is 0 Å². The Morgan fingerprint density at radius 3 is 2.61 bits per heavy atom. The Morgan fingerprint density at radius 1 is 1.09 bits per heavy atom. The molecule has 2 aromatic carbocycles. The number of para-hydroxylation sites is 1. The number of fused-ring (bicyclic) bond motifs is 1. The van der Waals surface area contributed by atoms with Gasteiger partial charge in [0.2, 0.25) is 0 Å². The molecule has 0 saturated carbocycles. The summed E-state index contributed by atoms with van der Waals surface area (Å²) >= 11 is 0. The molecule has 0 unspecified atom stereocenters. The van der Waals surface area contributed by atoms with Crippen LogP contribution in [0, 0.1) is 0 Å². The van der Waals surface area contributed by atoms with Gasteiger partial charge in [0.25, 0.3) is 0 Å². The van der Waals surface area contributed by atoms with Crippen LogP contribution >= 0.6 is 0 Å². The predicted octanol–water partition coefficient (Wildman–Crippen LogP) is 3.76. The number of aromatic nitrogens is 1. The first kappa shape index (κ1) is 15.1. The maximum atomic E-state index is 12.0. The number of esters is 1. The van der Waals surface area contributed by atoms with Crippen LogP contribution in [0.15, 0.2) is 53.1 Å². The van der Waals surface area contributed by atoms with Gasteiger partial charge in [-0.15, -0.1) is 0 Å². The normalized spacial score (nSPS) is 10.7. The van der Waals surface area contributed by atoms with Crippen LogP contribution in [0.4, 0.5) is 0 Å². The topological polar surface area (TPSA) is 61.6 Å². The van der Waals surface area contributed by atoms with Crippen molar-refractivity contribution in [3.8, 4) is 11.5 Å². The minimum Gasteiger partial charge on any atom is -0.494 e. The molecule has 0 fully saturated rings. The lowest BCUT2D eigenvalue weighted by molar-refractivity contribution is -0.133. The van der Waals surface area contributed by atoms with E-state index in [1.807, 2.05) is 31.2 Å². The molecule has 3 aromatic rings. The van der Waals surface area contributed by atoms with E-state index < -0.39 is 0 Å². The van der Waals surface area contributed by atoms with Crippen molar-refractivity contribution >= 4 is 16.9 Å². The number of benzene rings is 2. The summed E-state index contributed by atoms with van der Waals surface area (Å²) in [5, 5.41) is 4.76. The minimum atomic E-state index is -0.383. The monoisotopic (exact) mass is 311 g/mol. The predicted molar refractivity (Wildman–Crippen MR) is 85.6 cm³/mol. The highest BCUT2D eigenvalue weighted by Crippen LogP contribution is 2.20. The highest BCUT2D eigenvalue weighted by Gasteiger charge is 2.13. The van der Waals surface area contributed by atoms with Gasteiger partial charge in [-0.1, -0.05) is 24.2 Å². The molecule has 1 heterocycles. The van der Waals surface area contributed by atoms with Crippen molar-refractivity contribution in [2.75, 3.05) is 6.61 Å². The summed E-state index contributed by atoms with van der Waals surface area (Å²) in [4.78, 5) is 12.0. The molecule has 3 rings (SSSR count). The number of ether oxygens (including phenoxy) is 2. The van der Waals surface area contributed by atoms with Gasteiger partial charge in [0.15, 0.2) is 5.58 Å². The third-order valence-electron chi connectivity index (χ3n) is 3.29. The molecule has 0 N–H and O–H groups in total. The van der Waals surface area contributed by atoms with Crippen LogP contribution in [0.25, 0.3) is 11.0 Å². The van der Waals surface area contributed by atoms with E-state index in [-0.39, 0.29) is 12.4 Å². The lowest BCUT2D eigenvalue weighted by Gasteiger charge is -2.06. The molecule has 0 bridgehead atoms. The first-order chi connectivity index (χ1) is 11.3. The third-order valence-corrected chi connectivity index (χ3v) is 3.29. The first-order valence-corrected chi connectivity index (χ1v) is 7.53. The van der Waals surface area contributed by atoms with Crippen molar-refractivity contribution in [2.24, 2.45) is 0 Å². The fraction of sp³-hybridized carbons (Fsp3) is 0.222. The third kappa shape index (κ3) is 3.69. The molecule has 1 aromatic heterocycles. The van der Waals surface area contributed by atoms with E-state index in [0.29, 0.717) is 23.6 Å². The fourth-order valence-corrected chi connectivity index (χ4v) is 2.19. The lowest BCUT2D eigenvalue weighted by atomic mass is 10.2. The number of carbonyl (C=O) groups excluding carboxylic acids is 1. The van der Waals surface area contributed by atoms with Crippen LogP contribution in [0.3, 0.4) is 0 Å². The van der Waals surface area contributed by atoms with Crippen LogP contribution in [0.2, 0.25) is 0 Å². The number of rotatable bonds is 6. The Balaban J connectivity index is 1.63. The molecular weight excluding hydrogens is 294 g/mol. The number of nitrogens with zero attached hydrogens (tertiary/aromatic N) is 1. The zero-order chi connectivity index (χ0) is 16.1. The van der Waals surface area contributed by atoms with E-state index in [0.717, 1.165) is 17.6 Å².